The van der Waals surface area contributed by atoms with Crippen LogP contribution in [0.3, 0.4) is 0 Å². The summed E-state index contributed by atoms with van der Waals surface area (Å²) in [5, 5.41) is 0. The van der Waals surface area contributed by atoms with Crippen LogP contribution in [0.4, 0.5) is 0 Å². The molecule has 1 fully saturated rings. The van der Waals surface area contributed by atoms with Crippen molar-refractivity contribution in [1.82, 2.24) is 0 Å². The Bertz CT molecular complexity index is 393. The quantitative estimate of drug-likeness (QED) is 0.581. The molecule has 108 valence electrons. The van der Waals surface area contributed by atoms with Gasteiger partial charge in [0.1, 0.15) is 5.60 Å². The van der Waals surface area contributed by atoms with Crippen LogP contribution in [0.1, 0.15) is 53.9 Å². The van der Waals surface area contributed by atoms with E-state index in [0.717, 1.165) is 12.8 Å². The molecule has 1 aliphatic rings. The van der Waals surface area contributed by atoms with Crippen LogP contribution in [0.15, 0.2) is 11.1 Å². The van der Waals surface area contributed by atoms with Crippen LogP contribution in [0, 0.1) is 5.92 Å². The maximum absolute atomic E-state index is 11.8. The summed E-state index contributed by atoms with van der Waals surface area (Å²) in [6, 6.07) is 0. The SMILES string of the molecule is CCOC(=O)C[C@H]1C(=C(C)C)CC[C@@]1(C)OC(C)=O. The van der Waals surface area contributed by atoms with Gasteiger partial charge in [-0.2, -0.15) is 0 Å². The van der Waals surface area contributed by atoms with E-state index >= 15 is 0 Å². The zero-order chi connectivity index (χ0) is 14.6. The Hall–Kier alpha value is -1.32. The van der Waals surface area contributed by atoms with Gasteiger partial charge in [0.15, 0.2) is 0 Å². The van der Waals surface area contributed by atoms with Gasteiger partial charge in [0, 0.05) is 12.8 Å². The van der Waals surface area contributed by atoms with Crippen molar-refractivity contribution in [2.24, 2.45) is 5.92 Å². The monoisotopic (exact) mass is 268 g/mol. The Kier molecular flexibility index (Phi) is 5.15. The second kappa shape index (κ2) is 6.22. The zero-order valence-corrected chi connectivity index (χ0v) is 12.5. The lowest BCUT2D eigenvalue weighted by atomic mass is 9.86. The highest BCUT2D eigenvalue weighted by Gasteiger charge is 2.46. The molecule has 0 aromatic rings. The van der Waals surface area contributed by atoms with Crippen LogP contribution >= 0.6 is 0 Å². The molecule has 0 N–H and O–H groups in total. The van der Waals surface area contributed by atoms with Crippen molar-refractivity contribution in [2.45, 2.75) is 59.5 Å². The largest absolute Gasteiger partial charge is 0.466 e. The molecule has 0 spiro atoms. The Morgan fingerprint density at radius 1 is 1.32 bits per heavy atom. The summed E-state index contributed by atoms with van der Waals surface area (Å²) < 4.78 is 10.5. The van der Waals surface area contributed by atoms with Crippen molar-refractivity contribution in [1.29, 1.82) is 0 Å². The predicted octanol–water partition coefficient (Wildman–Crippen LogP) is 3.01. The highest BCUT2D eigenvalue weighted by molar-refractivity contribution is 5.71. The lowest BCUT2D eigenvalue weighted by Gasteiger charge is -2.31. The summed E-state index contributed by atoms with van der Waals surface area (Å²) in [7, 11) is 0. The van der Waals surface area contributed by atoms with Gasteiger partial charge in [-0.1, -0.05) is 11.1 Å². The third-order valence-corrected chi connectivity index (χ3v) is 3.74. The number of hydrogen-bond acceptors (Lipinski definition) is 4. The molecule has 0 saturated heterocycles. The number of esters is 2. The first-order valence-corrected chi connectivity index (χ1v) is 6.81. The molecule has 1 saturated carbocycles. The lowest BCUT2D eigenvalue weighted by Crippen LogP contribution is -2.37. The van der Waals surface area contributed by atoms with Gasteiger partial charge in [-0.05, 0) is 40.5 Å². The van der Waals surface area contributed by atoms with E-state index in [9.17, 15) is 9.59 Å². The molecule has 1 aliphatic carbocycles. The molecular weight excluding hydrogens is 244 g/mol. The van der Waals surface area contributed by atoms with Gasteiger partial charge >= 0.3 is 11.9 Å². The highest BCUT2D eigenvalue weighted by atomic mass is 16.6. The fourth-order valence-corrected chi connectivity index (χ4v) is 2.87. The van der Waals surface area contributed by atoms with Gasteiger partial charge in [0.2, 0.25) is 0 Å². The summed E-state index contributed by atoms with van der Waals surface area (Å²) in [6.45, 7) is 9.56. The summed E-state index contributed by atoms with van der Waals surface area (Å²) in [5.41, 5.74) is 1.83. The van der Waals surface area contributed by atoms with E-state index in [0.29, 0.717) is 6.61 Å². The van der Waals surface area contributed by atoms with Crippen molar-refractivity contribution in [2.75, 3.05) is 6.61 Å². The van der Waals surface area contributed by atoms with E-state index in [2.05, 4.69) is 0 Å². The molecule has 0 bridgehead atoms. The molecule has 1 rings (SSSR count). The number of hydrogen-bond donors (Lipinski definition) is 0. The molecule has 0 unspecified atom stereocenters. The fraction of sp³-hybridized carbons (Fsp3) is 0.733. The molecule has 0 aliphatic heterocycles. The smallest absolute Gasteiger partial charge is 0.306 e. The first kappa shape index (κ1) is 15.7. The zero-order valence-electron chi connectivity index (χ0n) is 12.5. The maximum Gasteiger partial charge on any atom is 0.306 e. The second-order valence-corrected chi connectivity index (χ2v) is 5.49. The van der Waals surface area contributed by atoms with Crippen LogP contribution < -0.4 is 0 Å². The van der Waals surface area contributed by atoms with Gasteiger partial charge in [0.25, 0.3) is 0 Å². The minimum absolute atomic E-state index is 0.0690. The normalized spacial score (nSPS) is 26.2. The van der Waals surface area contributed by atoms with Crippen LogP contribution in [-0.2, 0) is 19.1 Å². The van der Waals surface area contributed by atoms with Crippen molar-refractivity contribution in [3.8, 4) is 0 Å². The average molecular weight is 268 g/mol. The van der Waals surface area contributed by atoms with E-state index in [1.54, 1.807) is 6.92 Å². The van der Waals surface area contributed by atoms with E-state index in [1.165, 1.54) is 18.1 Å². The van der Waals surface area contributed by atoms with Crippen LogP contribution in [0.2, 0.25) is 0 Å². The summed E-state index contributed by atoms with van der Waals surface area (Å²) in [5.74, 6) is -0.599. The molecule has 0 heterocycles. The summed E-state index contributed by atoms with van der Waals surface area (Å²) in [4.78, 5) is 23.0. The van der Waals surface area contributed by atoms with Crippen molar-refractivity contribution in [3.63, 3.8) is 0 Å². The second-order valence-electron chi connectivity index (χ2n) is 5.49. The molecule has 4 nitrogen and oxygen atoms in total. The van der Waals surface area contributed by atoms with Gasteiger partial charge in [-0.25, -0.2) is 0 Å². The van der Waals surface area contributed by atoms with E-state index < -0.39 is 5.60 Å². The summed E-state index contributed by atoms with van der Waals surface area (Å²) >= 11 is 0. The van der Waals surface area contributed by atoms with E-state index in [1.807, 2.05) is 20.8 Å². The first-order valence-electron chi connectivity index (χ1n) is 6.81. The standard InChI is InChI=1S/C15H24O4/c1-6-18-14(17)9-13-12(10(2)3)7-8-15(13,5)19-11(4)16/h13H,6-9H2,1-5H3/t13-,15+/m0/s1. The number of carbonyl (C=O) groups is 2. The topological polar surface area (TPSA) is 52.6 Å². The molecule has 19 heavy (non-hydrogen) atoms. The number of allylic oxidation sites excluding steroid dienone is 1. The number of carbonyl (C=O) groups excluding carboxylic acids is 2. The Morgan fingerprint density at radius 2 is 1.95 bits per heavy atom. The minimum Gasteiger partial charge on any atom is -0.466 e. The molecule has 0 aromatic heterocycles. The fourth-order valence-electron chi connectivity index (χ4n) is 2.87. The predicted molar refractivity (Wildman–Crippen MR) is 72.5 cm³/mol. The van der Waals surface area contributed by atoms with Gasteiger partial charge < -0.3 is 9.47 Å². The highest BCUT2D eigenvalue weighted by Crippen LogP contribution is 2.45. The maximum atomic E-state index is 11.8. The molecular formula is C15H24O4. The minimum atomic E-state index is -0.592. The van der Waals surface area contributed by atoms with Crippen LogP contribution in [0.5, 0.6) is 0 Å². The van der Waals surface area contributed by atoms with E-state index in [-0.39, 0.29) is 24.3 Å². The third kappa shape index (κ3) is 3.82. The number of ether oxygens (including phenoxy) is 2. The Morgan fingerprint density at radius 3 is 2.42 bits per heavy atom. The Balaban J connectivity index is 2.96. The van der Waals surface area contributed by atoms with Crippen LogP contribution in [-0.4, -0.2) is 24.1 Å². The van der Waals surface area contributed by atoms with Gasteiger partial charge in [0.05, 0.1) is 13.0 Å². The van der Waals surface area contributed by atoms with Crippen molar-refractivity contribution in [3.05, 3.63) is 11.1 Å². The van der Waals surface area contributed by atoms with Crippen molar-refractivity contribution >= 4 is 11.9 Å². The van der Waals surface area contributed by atoms with Crippen LogP contribution in [0.25, 0.3) is 0 Å². The molecule has 0 amide bonds. The van der Waals surface area contributed by atoms with Crippen molar-refractivity contribution < 1.29 is 19.1 Å². The molecule has 0 radical (unpaired) electrons. The summed E-state index contributed by atoms with van der Waals surface area (Å²) in [6.07, 6.45) is 1.91. The Labute approximate surface area is 115 Å². The van der Waals surface area contributed by atoms with E-state index in [4.69, 9.17) is 9.47 Å². The molecule has 0 aromatic carbocycles. The average Bonchev–Trinajstić information content (AvgIpc) is 2.55. The van der Waals surface area contributed by atoms with Gasteiger partial charge in [-0.15, -0.1) is 0 Å². The first-order chi connectivity index (χ1) is 8.80. The molecule has 2 atom stereocenters. The third-order valence-electron chi connectivity index (χ3n) is 3.74. The lowest BCUT2D eigenvalue weighted by molar-refractivity contribution is -0.161. The van der Waals surface area contributed by atoms with Gasteiger partial charge in [-0.3, -0.25) is 9.59 Å². The molecule has 4 heteroatoms. The number of rotatable bonds is 4.